The van der Waals surface area contributed by atoms with Gasteiger partial charge in [-0.1, -0.05) is 6.07 Å². The zero-order valence-corrected chi connectivity index (χ0v) is 5.47. The topological polar surface area (TPSA) is 12.9 Å². The van der Waals surface area contributed by atoms with E-state index in [0.29, 0.717) is 0 Å². The van der Waals surface area contributed by atoms with Crippen molar-refractivity contribution in [2.75, 3.05) is 6.38 Å². The van der Waals surface area contributed by atoms with Crippen molar-refractivity contribution in [1.82, 2.24) is 4.98 Å². The molecule has 1 aromatic heterocycles. The molecule has 8 heavy (non-hydrogen) atoms. The second-order valence-corrected chi connectivity index (χ2v) is 1.02. The van der Waals surface area contributed by atoms with Gasteiger partial charge < -0.3 is 0 Å². The minimum absolute atomic E-state index is 1.47. The van der Waals surface area contributed by atoms with Crippen LogP contribution in [0.1, 0.15) is 0 Å². The third-order valence-electron chi connectivity index (χ3n) is 0.566. The summed E-state index contributed by atoms with van der Waals surface area (Å²) >= 11 is 4.64. The monoisotopic (exact) mass is 129 g/mol. The second kappa shape index (κ2) is 6.44. The van der Waals surface area contributed by atoms with Gasteiger partial charge in [-0.2, -0.15) is 0 Å². The van der Waals surface area contributed by atoms with E-state index in [-0.39, 0.29) is 0 Å². The van der Waals surface area contributed by atoms with Crippen LogP contribution in [0.15, 0.2) is 30.6 Å². The molecule has 0 saturated heterocycles. The van der Waals surface area contributed by atoms with E-state index in [1.165, 1.54) is 6.38 Å². The van der Waals surface area contributed by atoms with Gasteiger partial charge in [-0.25, -0.2) is 0 Å². The third kappa shape index (κ3) is 3.62. The maximum atomic E-state index is 4.64. The lowest BCUT2D eigenvalue weighted by Gasteiger charge is -1.70. The molecule has 0 aliphatic rings. The summed E-state index contributed by atoms with van der Waals surface area (Å²) in [5.41, 5.74) is 0. The standard InChI is InChI=1S/C5H5N.CH3Cl/c1-2-4-6-5-3-1;1-2/h1-5H;1H3. The maximum Gasteiger partial charge on any atom is 0.0267 e. The molecular weight excluding hydrogens is 122 g/mol. The van der Waals surface area contributed by atoms with Crippen LogP contribution in [0.25, 0.3) is 0 Å². The van der Waals surface area contributed by atoms with Crippen LogP contribution in [-0.4, -0.2) is 11.4 Å². The molecule has 0 bridgehead atoms. The molecule has 0 N–H and O–H groups in total. The molecule has 0 saturated carbocycles. The van der Waals surface area contributed by atoms with E-state index in [1.54, 1.807) is 12.4 Å². The number of aromatic nitrogens is 1. The van der Waals surface area contributed by atoms with Crippen molar-refractivity contribution in [3.05, 3.63) is 30.6 Å². The van der Waals surface area contributed by atoms with Gasteiger partial charge in [0.05, 0.1) is 0 Å². The number of nitrogens with zero attached hydrogens (tertiary/aromatic N) is 1. The lowest BCUT2D eigenvalue weighted by molar-refractivity contribution is 1.33. The molecule has 0 aromatic carbocycles. The Balaban J connectivity index is 0.000000222. The molecular formula is C6H8ClN. The first-order valence-electron chi connectivity index (χ1n) is 2.23. The van der Waals surface area contributed by atoms with Crippen LogP contribution in [-0.2, 0) is 0 Å². The normalized spacial score (nSPS) is 6.75. The Bertz CT molecular complexity index is 80.5. The van der Waals surface area contributed by atoms with Crippen molar-refractivity contribution in [1.29, 1.82) is 0 Å². The van der Waals surface area contributed by atoms with Gasteiger partial charge in [0, 0.05) is 18.8 Å². The first kappa shape index (κ1) is 7.44. The van der Waals surface area contributed by atoms with E-state index in [0.717, 1.165) is 0 Å². The molecule has 0 atom stereocenters. The van der Waals surface area contributed by atoms with E-state index < -0.39 is 0 Å². The summed E-state index contributed by atoms with van der Waals surface area (Å²) in [6.07, 6.45) is 4.97. The van der Waals surface area contributed by atoms with Crippen LogP contribution in [0.2, 0.25) is 0 Å². The zero-order chi connectivity index (χ0) is 6.24. The quantitative estimate of drug-likeness (QED) is 0.488. The number of rotatable bonds is 0. The predicted octanol–water partition coefficient (Wildman–Crippen LogP) is 1.94. The smallest absolute Gasteiger partial charge is 0.0267 e. The van der Waals surface area contributed by atoms with Gasteiger partial charge in [-0.05, 0) is 12.1 Å². The molecule has 0 aliphatic carbocycles. The Labute approximate surface area is 54.3 Å². The molecule has 1 rings (SSSR count). The largest absolute Gasteiger partial charge is 0.265 e. The summed E-state index contributed by atoms with van der Waals surface area (Å²) in [5.74, 6) is 0. The highest BCUT2D eigenvalue weighted by Gasteiger charge is 1.58. The average molecular weight is 130 g/mol. The number of hydrogen-bond acceptors (Lipinski definition) is 1. The van der Waals surface area contributed by atoms with E-state index in [2.05, 4.69) is 16.6 Å². The van der Waals surface area contributed by atoms with Gasteiger partial charge in [0.2, 0.25) is 0 Å². The second-order valence-electron chi connectivity index (χ2n) is 1.02. The van der Waals surface area contributed by atoms with Gasteiger partial charge in [-0.15, -0.1) is 11.6 Å². The van der Waals surface area contributed by atoms with Gasteiger partial charge in [0.15, 0.2) is 0 Å². The summed E-state index contributed by atoms with van der Waals surface area (Å²) in [6, 6.07) is 5.72. The van der Waals surface area contributed by atoms with Crippen molar-refractivity contribution in [2.45, 2.75) is 0 Å². The summed E-state index contributed by atoms with van der Waals surface area (Å²) < 4.78 is 0. The molecule has 0 radical (unpaired) electrons. The summed E-state index contributed by atoms with van der Waals surface area (Å²) in [7, 11) is 0. The van der Waals surface area contributed by atoms with Crippen LogP contribution < -0.4 is 0 Å². The fourth-order valence-electron chi connectivity index (χ4n) is 0.313. The van der Waals surface area contributed by atoms with Crippen molar-refractivity contribution in [2.24, 2.45) is 0 Å². The van der Waals surface area contributed by atoms with Crippen LogP contribution in [0.4, 0.5) is 0 Å². The predicted molar refractivity (Wildman–Crippen MR) is 36.0 cm³/mol. The van der Waals surface area contributed by atoms with Gasteiger partial charge >= 0.3 is 0 Å². The number of alkyl halides is 1. The summed E-state index contributed by atoms with van der Waals surface area (Å²) in [5, 5.41) is 0. The van der Waals surface area contributed by atoms with Gasteiger partial charge in [-0.3, -0.25) is 4.98 Å². The Kier molecular flexibility index (Phi) is 5.99. The van der Waals surface area contributed by atoms with E-state index in [1.807, 2.05) is 18.2 Å². The third-order valence-corrected chi connectivity index (χ3v) is 0.566. The lowest BCUT2D eigenvalue weighted by Crippen LogP contribution is -1.58. The van der Waals surface area contributed by atoms with Gasteiger partial charge in [0.1, 0.15) is 0 Å². The first-order chi connectivity index (χ1) is 4.00. The van der Waals surface area contributed by atoms with Crippen LogP contribution in [0, 0.1) is 0 Å². The molecule has 2 heteroatoms. The summed E-state index contributed by atoms with van der Waals surface area (Å²) in [6.45, 7) is 0. The van der Waals surface area contributed by atoms with Gasteiger partial charge in [0.25, 0.3) is 0 Å². The van der Waals surface area contributed by atoms with E-state index in [4.69, 9.17) is 0 Å². The van der Waals surface area contributed by atoms with Crippen molar-refractivity contribution >= 4 is 11.6 Å². The number of hydrogen-bond donors (Lipinski definition) is 0. The average Bonchev–Trinajstić information content (AvgIpc) is 1.96. The fraction of sp³-hybridized carbons (Fsp3) is 0.167. The Morgan fingerprint density at radius 3 is 1.62 bits per heavy atom. The van der Waals surface area contributed by atoms with Crippen LogP contribution >= 0.6 is 11.6 Å². The number of pyridine rings is 1. The van der Waals surface area contributed by atoms with Crippen molar-refractivity contribution < 1.29 is 0 Å². The maximum absolute atomic E-state index is 4.64. The molecule has 0 unspecified atom stereocenters. The van der Waals surface area contributed by atoms with Crippen molar-refractivity contribution in [3.8, 4) is 0 Å². The highest BCUT2D eigenvalue weighted by atomic mass is 35.5. The fourth-order valence-corrected chi connectivity index (χ4v) is 0.313. The minimum Gasteiger partial charge on any atom is -0.265 e. The molecule has 0 aliphatic heterocycles. The zero-order valence-electron chi connectivity index (χ0n) is 4.71. The van der Waals surface area contributed by atoms with E-state index in [9.17, 15) is 0 Å². The van der Waals surface area contributed by atoms with E-state index >= 15 is 0 Å². The summed E-state index contributed by atoms with van der Waals surface area (Å²) in [4.78, 5) is 3.78. The number of halogens is 1. The lowest BCUT2D eigenvalue weighted by atomic mass is 10.5. The Morgan fingerprint density at radius 2 is 1.50 bits per heavy atom. The Morgan fingerprint density at radius 1 is 1.00 bits per heavy atom. The first-order valence-corrected chi connectivity index (χ1v) is 2.98. The molecule has 0 spiro atoms. The molecule has 1 nitrogen and oxygen atoms in total. The Hall–Kier alpha value is -0.560. The SMILES string of the molecule is CCl.c1ccncc1. The molecule has 44 valence electrons. The van der Waals surface area contributed by atoms with Crippen LogP contribution in [0.5, 0.6) is 0 Å². The highest BCUT2D eigenvalue weighted by molar-refractivity contribution is 6.15. The molecule has 1 heterocycles. The minimum atomic E-state index is 1.47. The van der Waals surface area contributed by atoms with Crippen molar-refractivity contribution in [3.63, 3.8) is 0 Å². The molecule has 1 aromatic rings. The van der Waals surface area contributed by atoms with Crippen LogP contribution in [0.3, 0.4) is 0 Å². The molecule has 0 amide bonds. The molecule has 0 fully saturated rings. The highest BCUT2D eigenvalue weighted by Crippen LogP contribution is 1.73.